The van der Waals surface area contributed by atoms with E-state index < -0.39 is 8.07 Å². The highest BCUT2D eigenvalue weighted by Crippen LogP contribution is 2.39. The van der Waals surface area contributed by atoms with Crippen molar-refractivity contribution in [3.8, 4) is 56.4 Å². The van der Waals surface area contributed by atoms with Gasteiger partial charge in [0.1, 0.15) is 11.2 Å². The highest BCUT2D eigenvalue weighted by atomic mass is 28.3. The Morgan fingerprint density at radius 1 is 0.258 bits per heavy atom. The van der Waals surface area contributed by atoms with Gasteiger partial charge in [-0.05, 0) is 43.5 Å². The lowest BCUT2D eigenvalue weighted by atomic mass is 10.0. The topological polar surface area (TPSA) is 51.8 Å². The Hall–Kier alpha value is -7.99. The van der Waals surface area contributed by atoms with Crippen LogP contribution in [0.2, 0.25) is 0 Å². The molecule has 4 nitrogen and oxygen atoms in total. The minimum absolute atomic E-state index is 0.550. The maximum absolute atomic E-state index is 6.86. The molecular formula is C57H39N3OSi. The molecule has 2 heterocycles. The summed E-state index contributed by atoms with van der Waals surface area (Å²) in [6.07, 6.45) is 0. The summed E-state index contributed by atoms with van der Waals surface area (Å²) in [7, 11) is -2.73. The normalized spacial score (nSPS) is 11.5. The van der Waals surface area contributed by atoms with Crippen molar-refractivity contribution in [3.63, 3.8) is 0 Å². The van der Waals surface area contributed by atoms with Gasteiger partial charge in [-0.3, -0.25) is 0 Å². The summed E-state index contributed by atoms with van der Waals surface area (Å²) >= 11 is 0. The summed E-state index contributed by atoms with van der Waals surface area (Å²) in [6, 6.07) is 83.7. The molecule has 0 aliphatic rings. The first-order valence-corrected chi connectivity index (χ1v) is 22.9. The predicted octanol–water partition coefficient (Wildman–Crippen LogP) is 11.5. The third kappa shape index (κ3) is 6.52. The van der Waals surface area contributed by atoms with E-state index in [0.29, 0.717) is 17.5 Å². The number of para-hydroxylation sites is 2. The van der Waals surface area contributed by atoms with Crippen molar-refractivity contribution in [3.05, 3.63) is 237 Å². The van der Waals surface area contributed by atoms with Gasteiger partial charge in [0, 0.05) is 27.5 Å². The Balaban J connectivity index is 1.09. The number of aromatic nitrogens is 3. The second-order valence-electron chi connectivity index (χ2n) is 15.5. The Kier molecular flexibility index (Phi) is 9.49. The number of nitrogens with zero attached hydrogens (tertiary/aromatic N) is 3. The largest absolute Gasteiger partial charge is 0.455 e. The van der Waals surface area contributed by atoms with Crippen molar-refractivity contribution >= 4 is 50.8 Å². The van der Waals surface area contributed by atoms with Crippen LogP contribution in [0.15, 0.2) is 241 Å². The third-order valence-corrected chi connectivity index (χ3v) is 16.7. The molecule has 0 atom stereocenters. The lowest BCUT2D eigenvalue weighted by Crippen LogP contribution is -2.74. The van der Waals surface area contributed by atoms with Gasteiger partial charge in [-0.15, -0.1) is 0 Å². The van der Waals surface area contributed by atoms with E-state index in [1.54, 1.807) is 0 Å². The fourth-order valence-electron chi connectivity index (χ4n) is 8.97. The van der Waals surface area contributed by atoms with Crippen LogP contribution < -0.4 is 20.7 Å². The third-order valence-electron chi connectivity index (χ3n) is 11.9. The molecule has 0 saturated heterocycles. The van der Waals surface area contributed by atoms with Crippen molar-refractivity contribution in [2.75, 3.05) is 0 Å². The van der Waals surface area contributed by atoms with Crippen LogP contribution in [0, 0.1) is 0 Å². The van der Waals surface area contributed by atoms with E-state index in [-0.39, 0.29) is 0 Å². The second-order valence-corrected chi connectivity index (χ2v) is 19.3. The van der Waals surface area contributed by atoms with Gasteiger partial charge in [0.2, 0.25) is 0 Å². The predicted molar refractivity (Wildman–Crippen MR) is 258 cm³/mol. The van der Waals surface area contributed by atoms with E-state index in [2.05, 4.69) is 224 Å². The number of fused-ring (bicyclic) bond motifs is 3. The molecule has 0 saturated carbocycles. The molecule has 0 spiro atoms. The number of hydrogen-bond donors (Lipinski definition) is 0. The van der Waals surface area contributed by atoms with E-state index in [4.69, 9.17) is 19.4 Å². The van der Waals surface area contributed by atoms with E-state index in [1.165, 1.54) is 20.7 Å². The molecule has 5 heteroatoms. The fourth-order valence-corrected chi connectivity index (χ4v) is 13.7. The molecule has 0 fully saturated rings. The summed E-state index contributed by atoms with van der Waals surface area (Å²) in [6.45, 7) is 0. The zero-order chi connectivity index (χ0) is 41.3. The van der Waals surface area contributed by atoms with Crippen molar-refractivity contribution < 1.29 is 4.42 Å². The lowest BCUT2D eigenvalue weighted by Gasteiger charge is -2.34. The standard InChI is InChI=1S/C57H39N3OSi/c1-6-18-40(19-7-1)41-32-34-43(35-33-41)55-58-56(60-57(59-55)52-31-17-30-51-50-29-16-28-49(53(50)61-54(51)52)42-20-8-2-9-21-42)44-36-38-48(39-37-44)62(45-22-10-3-11-23-45,46-24-12-4-13-25-46)47-26-14-5-15-27-47/h1-39H. The maximum atomic E-state index is 6.86. The zero-order valence-corrected chi connectivity index (χ0v) is 34.8. The Labute approximate surface area is 361 Å². The van der Waals surface area contributed by atoms with Gasteiger partial charge >= 0.3 is 0 Å². The van der Waals surface area contributed by atoms with E-state index in [1.807, 2.05) is 12.1 Å². The highest BCUT2D eigenvalue weighted by Gasteiger charge is 2.41. The molecule has 0 aliphatic heterocycles. The maximum Gasteiger partial charge on any atom is 0.179 e. The average Bonchev–Trinajstić information content (AvgIpc) is 3.75. The van der Waals surface area contributed by atoms with E-state index in [9.17, 15) is 0 Å². The zero-order valence-electron chi connectivity index (χ0n) is 33.8. The van der Waals surface area contributed by atoms with Gasteiger partial charge < -0.3 is 4.42 Å². The first kappa shape index (κ1) is 37.0. The van der Waals surface area contributed by atoms with Crippen LogP contribution in [-0.2, 0) is 0 Å². The van der Waals surface area contributed by atoms with Gasteiger partial charge in [0.25, 0.3) is 0 Å². The first-order valence-electron chi connectivity index (χ1n) is 20.9. The molecule has 0 aliphatic carbocycles. The summed E-state index contributed by atoms with van der Waals surface area (Å²) in [4.78, 5) is 15.7. The summed E-state index contributed by atoms with van der Waals surface area (Å²) < 4.78 is 6.86. The van der Waals surface area contributed by atoms with E-state index >= 15 is 0 Å². The smallest absolute Gasteiger partial charge is 0.179 e. The Bertz CT molecular complexity index is 3210. The van der Waals surface area contributed by atoms with Gasteiger partial charge in [-0.2, -0.15) is 0 Å². The quantitative estimate of drug-likeness (QED) is 0.108. The molecule has 0 unspecified atom stereocenters. The van der Waals surface area contributed by atoms with Gasteiger partial charge in [0.05, 0.1) is 5.56 Å². The first-order chi connectivity index (χ1) is 30.7. The van der Waals surface area contributed by atoms with E-state index in [0.717, 1.165) is 60.9 Å². The number of benzene rings is 9. The molecule has 2 aromatic heterocycles. The van der Waals surface area contributed by atoms with Crippen molar-refractivity contribution in [1.82, 2.24) is 15.0 Å². The molecule has 11 rings (SSSR count). The molecule has 0 N–H and O–H groups in total. The SMILES string of the molecule is c1ccc(-c2ccc(-c3nc(-c4ccc([Si](c5ccccc5)(c5ccccc5)c5ccccc5)cc4)nc(-c4cccc5c4oc4c(-c6ccccc6)cccc45)n3)cc2)cc1. The van der Waals surface area contributed by atoms with Gasteiger partial charge in [-0.25, -0.2) is 15.0 Å². The summed E-state index contributed by atoms with van der Waals surface area (Å²) in [5, 5.41) is 7.30. The van der Waals surface area contributed by atoms with Gasteiger partial charge in [0.15, 0.2) is 25.5 Å². The summed E-state index contributed by atoms with van der Waals surface area (Å²) in [5.41, 5.74) is 8.62. The van der Waals surface area contributed by atoms with Crippen LogP contribution in [0.25, 0.3) is 78.4 Å². The molecule has 62 heavy (non-hydrogen) atoms. The number of furan rings is 1. The Morgan fingerprint density at radius 2 is 0.613 bits per heavy atom. The molecule has 0 radical (unpaired) electrons. The van der Waals surface area contributed by atoms with Crippen molar-refractivity contribution in [2.24, 2.45) is 0 Å². The van der Waals surface area contributed by atoms with Crippen LogP contribution in [-0.4, -0.2) is 23.0 Å². The lowest BCUT2D eigenvalue weighted by molar-refractivity contribution is 0.670. The molecular weight excluding hydrogens is 771 g/mol. The van der Waals surface area contributed by atoms with Crippen LogP contribution in [0.1, 0.15) is 0 Å². The number of hydrogen-bond acceptors (Lipinski definition) is 4. The minimum Gasteiger partial charge on any atom is -0.455 e. The highest BCUT2D eigenvalue weighted by molar-refractivity contribution is 7.19. The average molecular weight is 810 g/mol. The van der Waals surface area contributed by atoms with Crippen LogP contribution in [0.5, 0.6) is 0 Å². The van der Waals surface area contributed by atoms with Crippen molar-refractivity contribution in [1.29, 1.82) is 0 Å². The van der Waals surface area contributed by atoms with Crippen LogP contribution in [0.4, 0.5) is 0 Å². The fraction of sp³-hybridized carbons (Fsp3) is 0. The minimum atomic E-state index is -2.73. The monoisotopic (exact) mass is 809 g/mol. The summed E-state index contributed by atoms with van der Waals surface area (Å²) in [5.74, 6) is 1.73. The van der Waals surface area contributed by atoms with Crippen LogP contribution >= 0.6 is 0 Å². The number of rotatable bonds is 9. The van der Waals surface area contributed by atoms with Crippen molar-refractivity contribution in [2.45, 2.75) is 0 Å². The Morgan fingerprint density at radius 3 is 1.11 bits per heavy atom. The van der Waals surface area contributed by atoms with Gasteiger partial charge in [-0.1, -0.05) is 231 Å². The van der Waals surface area contributed by atoms with Crippen LogP contribution in [0.3, 0.4) is 0 Å². The molecule has 0 bridgehead atoms. The molecule has 0 amide bonds. The molecule has 292 valence electrons. The molecule has 11 aromatic rings. The molecule has 9 aromatic carbocycles. The second kappa shape index (κ2) is 15.9.